The monoisotopic (exact) mass is 237 g/mol. The minimum Gasteiger partial charge on any atom is -0.370 e. The van der Waals surface area contributed by atoms with E-state index in [2.05, 4.69) is 27.5 Å². The van der Waals surface area contributed by atoms with E-state index < -0.39 is 0 Å². The van der Waals surface area contributed by atoms with Gasteiger partial charge in [-0.1, -0.05) is 13.3 Å². The van der Waals surface area contributed by atoms with Gasteiger partial charge in [0.05, 0.1) is 0 Å². The molecule has 1 aromatic rings. The van der Waals surface area contributed by atoms with Crippen molar-refractivity contribution in [3.8, 4) is 0 Å². The summed E-state index contributed by atoms with van der Waals surface area (Å²) in [4.78, 5) is 8.36. The van der Waals surface area contributed by atoms with Crippen molar-refractivity contribution in [2.75, 3.05) is 23.7 Å². The molecule has 0 radical (unpaired) electrons. The molecule has 0 aliphatic heterocycles. The van der Waals surface area contributed by atoms with Gasteiger partial charge in [-0.25, -0.2) is 9.97 Å². The molecule has 0 amide bonds. The lowest BCUT2D eigenvalue weighted by Crippen LogP contribution is -2.39. The Morgan fingerprint density at radius 1 is 1.29 bits per heavy atom. The first kappa shape index (κ1) is 13.7. The van der Waals surface area contributed by atoms with Gasteiger partial charge in [-0.15, -0.1) is 0 Å². The van der Waals surface area contributed by atoms with Gasteiger partial charge in [-0.05, 0) is 20.3 Å². The molecular weight excluding hydrogens is 214 g/mol. The normalized spacial score (nSPS) is 11.3. The fraction of sp³-hybridized carbons (Fsp3) is 0.667. The molecule has 1 rings (SSSR count). The van der Waals surface area contributed by atoms with Gasteiger partial charge in [-0.2, -0.15) is 0 Å². The van der Waals surface area contributed by atoms with Gasteiger partial charge in [0.15, 0.2) is 0 Å². The van der Waals surface area contributed by atoms with E-state index in [0.717, 1.165) is 24.6 Å². The number of anilines is 2. The lowest BCUT2D eigenvalue weighted by molar-refractivity contribution is 0.577. The Morgan fingerprint density at radius 2 is 2.00 bits per heavy atom. The Hall–Kier alpha value is -1.36. The molecule has 0 atom stereocenters. The fourth-order valence-electron chi connectivity index (χ4n) is 1.31. The standard InChI is InChI=1S/C12H23N5/c1-4-5-6-14-10-7-11(16-9-15-10)17-12(2,3)8-13/h7,9H,4-6,8,13H2,1-3H3,(H2,14,15,16,17). The molecule has 0 spiro atoms. The first-order valence-electron chi connectivity index (χ1n) is 6.11. The summed E-state index contributed by atoms with van der Waals surface area (Å²) in [5.74, 6) is 1.65. The second-order valence-corrected chi connectivity index (χ2v) is 4.78. The van der Waals surface area contributed by atoms with E-state index in [1.165, 1.54) is 6.42 Å². The number of hydrogen-bond donors (Lipinski definition) is 3. The van der Waals surface area contributed by atoms with Gasteiger partial charge in [0.1, 0.15) is 18.0 Å². The highest BCUT2D eigenvalue weighted by Gasteiger charge is 2.15. The summed E-state index contributed by atoms with van der Waals surface area (Å²) in [6.07, 6.45) is 3.87. The largest absolute Gasteiger partial charge is 0.370 e. The van der Waals surface area contributed by atoms with Crippen molar-refractivity contribution in [1.82, 2.24) is 9.97 Å². The second kappa shape index (κ2) is 6.39. The zero-order chi connectivity index (χ0) is 12.7. The van der Waals surface area contributed by atoms with Crippen LogP contribution in [0, 0.1) is 0 Å². The Balaban J connectivity index is 2.59. The van der Waals surface area contributed by atoms with Crippen LogP contribution in [0.5, 0.6) is 0 Å². The number of nitrogens with zero attached hydrogens (tertiary/aromatic N) is 2. The van der Waals surface area contributed by atoms with E-state index >= 15 is 0 Å². The Morgan fingerprint density at radius 3 is 2.65 bits per heavy atom. The van der Waals surface area contributed by atoms with Crippen LogP contribution in [0.4, 0.5) is 11.6 Å². The van der Waals surface area contributed by atoms with E-state index in [9.17, 15) is 0 Å². The van der Waals surface area contributed by atoms with Crippen LogP contribution >= 0.6 is 0 Å². The van der Waals surface area contributed by atoms with Crippen LogP contribution in [0.25, 0.3) is 0 Å². The molecule has 5 nitrogen and oxygen atoms in total. The summed E-state index contributed by atoms with van der Waals surface area (Å²) < 4.78 is 0. The molecule has 5 heteroatoms. The molecule has 0 saturated carbocycles. The molecule has 0 bridgehead atoms. The quantitative estimate of drug-likeness (QED) is 0.631. The Kier molecular flexibility index (Phi) is 5.15. The maximum atomic E-state index is 5.67. The molecule has 1 aromatic heterocycles. The molecule has 0 unspecified atom stereocenters. The third kappa shape index (κ3) is 4.99. The van der Waals surface area contributed by atoms with Crippen molar-refractivity contribution >= 4 is 11.6 Å². The lowest BCUT2D eigenvalue weighted by atomic mass is 10.1. The van der Waals surface area contributed by atoms with Crippen LogP contribution in [0.3, 0.4) is 0 Å². The summed E-state index contributed by atoms with van der Waals surface area (Å²) in [5, 5.41) is 6.55. The number of unbranched alkanes of at least 4 members (excludes halogenated alkanes) is 1. The topological polar surface area (TPSA) is 75.9 Å². The summed E-state index contributed by atoms with van der Waals surface area (Å²) in [7, 11) is 0. The maximum Gasteiger partial charge on any atom is 0.131 e. The van der Waals surface area contributed by atoms with Crippen molar-refractivity contribution in [2.24, 2.45) is 5.73 Å². The number of nitrogens with two attached hydrogens (primary N) is 1. The molecule has 96 valence electrons. The number of rotatable bonds is 7. The first-order valence-corrected chi connectivity index (χ1v) is 6.11. The average molecular weight is 237 g/mol. The highest BCUT2D eigenvalue weighted by molar-refractivity contribution is 5.47. The third-order valence-corrected chi connectivity index (χ3v) is 2.48. The van der Waals surface area contributed by atoms with Gasteiger partial charge in [0.2, 0.25) is 0 Å². The molecule has 1 heterocycles. The third-order valence-electron chi connectivity index (χ3n) is 2.48. The summed E-state index contributed by atoms with van der Waals surface area (Å²) in [5.41, 5.74) is 5.51. The molecule has 0 fully saturated rings. The summed E-state index contributed by atoms with van der Waals surface area (Å²) in [6, 6.07) is 1.91. The lowest BCUT2D eigenvalue weighted by Gasteiger charge is -2.24. The van der Waals surface area contributed by atoms with E-state index in [1.54, 1.807) is 6.33 Å². The van der Waals surface area contributed by atoms with E-state index in [0.29, 0.717) is 6.54 Å². The van der Waals surface area contributed by atoms with E-state index in [-0.39, 0.29) is 5.54 Å². The van der Waals surface area contributed by atoms with Gasteiger partial charge in [-0.3, -0.25) is 0 Å². The van der Waals surface area contributed by atoms with E-state index in [4.69, 9.17) is 5.73 Å². The number of aromatic nitrogens is 2. The highest BCUT2D eigenvalue weighted by atomic mass is 15.1. The summed E-state index contributed by atoms with van der Waals surface area (Å²) >= 11 is 0. The zero-order valence-electron chi connectivity index (χ0n) is 11.0. The summed E-state index contributed by atoms with van der Waals surface area (Å²) in [6.45, 7) is 7.74. The predicted molar refractivity (Wildman–Crippen MR) is 72.2 cm³/mol. The molecule has 0 aromatic carbocycles. The van der Waals surface area contributed by atoms with Crippen molar-refractivity contribution in [1.29, 1.82) is 0 Å². The zero-order valence-corrected chi connectivity index (χ0v) is 11.0. The Labute approximate surface area is 103 Å². The molecule has 4 N–H and O–H groups in total. The average Bonchev–Trinajstić information content (AvgIpc) is 2.29. The molecular formula is C12H23N5. The molecule has 17 heavy (non-hydrogen) atoms. The SMILES string of the molecule is CCCCNc1cc(NC(C)(C)CN)ncn1. The molecule has 0 saturated heterocycles. The van der Waals surface area contributed by atoms with Gasteiger partial charge < -0.3 is 16.4 Å². The van der Waals surface area contributed by atoms with Crippen LogP contribution in [0.1, 0.15) is 33.6 Å². The minimum absolute atomic E-state index is 0.158. The van der Waals surface area contributed by atoms with E-state index in [1.807, 2.05) is 19.9 Å². The number of nitrogens with one attached hydrogen (secondary N) is 2. The maximum absolute atomic E-state index is 5.67. The van der Waals surface area contributed by atoms with Crippen LogP contribution in [0.2, 0.25) is 0 Å². The highest BCUT2D eigenvalue weighted by Crippen LogP contribution is 2.14. The minimum atomic E-state index is -0.158. The van der Waals surface area contributed by atoms with Crippen molar-refractivity contribution in [2.45, 2.75) is 39.2 Å². The van der Waals surface area contributed by atoms with Gasteiger partial charge in [0.25, 0.3) is 0 Å². The van der Waals surface area contributed by atoms with Crippen molar-refractivity contribution < 1.29 is 0 Å². The predicted octanol–water partition coefficient (Wildman–Crippen LogP) is 1.84. The van der Waals surface area contributed by atoms with Crippen LogP contribution in [-0.2, 0) is 0 Å². The molecule has 0 aliphatic rings. The fourth-order valence-corrected chi connectivity index (χ4v) is 1.31. The van der Waals surface area contributed by atoms with Crippen molar-refractivity contribution in [3.05, 3.63) is 12.4 Å². The van der Waals surface area contributed by atoms with Gasteiger partial charge in [0, 0.05) is 24.7 Å². The van der Waals surface area contributed by atoms with Crippen LogP contribution in [-0.4, -0.2) is 28.6 Å². The smallest absolute Gasteiger partial charge is 0.131 e. The van der Waals surface area contributed by atoms with Crippen LogP contribution < -0.4 is 16.4 Å². The van der Waals surface area contributed by atoms with Gasteiger partial charge >= 0.3 is 0 Å². The Bertz CT molecular complexity index is 337. The number of hydrogen-bond acceptors (Lipinski definition) is 5. The van der Waals surface area contributed by atoms with Crippen molar-refractivity contribution in [3.63, 3.8) is 0 Å². The van der Waals surface area contributed by atoms with Crippen LogP contribution in [0.15, 0.2) is 12.4 Å². The first-order chi connectivity index (χ1) is 8.07. The molecule has 0 aliphatic carbocycles. The second-order valence-electron chi connectivity index (χ2n) is 4.78.